The van der Waals surface area contributed by atoms with Crippen LogP contribution in [0.5, 0.6) is 11.5 Å². The first-order valence-electron chi connectivity index (χ1n) is 4.84. The molecule has 0 N–H and O–H groups in total. The van der Waals surface area contributed by atoms with Crippen LogP contribution in [0.1, 0.15) is 16.7 Å². The van der Waals surface area contributed by atoms with E-state index in [2.05, 4.69) is 0 Å². The highest BCUT2D eigenvalue weighted by molar-refractivity contribution is 5.54. The Balaban J connectivity index is 3.58. The molecular formula is C12H14FNO2. The molecule has 0 saturated heterocycles. The highest BCUT2D eigenvalue weighted by Crippen LogP contribution is 2.36. The van der Waals surface area contributed by atoms with Gasteiger partial charge in [-0.15, -0.1) is 0 Å². The van der Waals surface area contributed by atoms with Crippen LogP contribution in [-0.4, -0.2) is 14.2 Å². The standard InChI is InChI=1S/C12H14FNO2/c1-7-9(5-6-14)11(15-3)8(2)10(13)12(7)16-4/h5H2,1-4H3. The fourth-order valence-corrected chi connectivity index (χ4v) is 1.78. The quantitative estimate of drug-likeness (QED) is 0.790. The molecule has 0 saturated carbocycles. The number of hydrogen-bond acceptors (Lipinski definition) is 3. The topological polar surface area (TPSA) is 42.2 Å². The zero-order valence-corrected chi connectivity index (χ0v) is 9.85. The van der Waals surface area contributed by atoms with Crippen molar-refractivity contribution in [2.24, 2.45) is 0 Å². The lowest BCUT2D eigenvalue weighted by Crippen LogP contribution is -2.04. The highest BCUT2D eigenvalue weighted by Gasteiger charge is 2.20. The number of hydrogen-bond donors (Lipinski definition) is 0. The molecule has 0 aliphatic rings. The maximum Gasteiger partial charge on any atom is 0.171 e. The molecule has 0 amide bonds. The number of ether oxygens (including phenoxy) is 2. The summed E-state index contributed by atoms with van der Waals surface area (Å²) in [4.78, 5) is 0. The molecule has 16 heavy (non-hydrogen) atoms. The van der Waals surface area contributed by atoms with Crippen molar-refractivity contribution in [1.82, 2.24) is 0 Å². The van der Waals surface area contributed by atoms with Gasteiger partial charge in [-0.3, -0.25) is 0 Å². The average molecular weight is 223 g/mol. The largest absolute Gasteiger partial charge is 0.496 e. The van der Waals surface area contributed by atoms with Crippen molar-refractivity contribution in [2.45, 2.75) is 20.3 Å². The molecule has 0 atom stereocenters. The van der Waals surface area contributed by atoms with Crippen LogP contribution in [0.15, 0.2) is 0 Å². The maximum atomic E-state index is 13.8. The predicted molar refractivity (Wildman–Crippen MR) is 58.3 cm³/mol. The van der Waals surface area contributed by atoms with Gasteiger partial charge in [0.15, 0.2) is 11.6 Å². The lowest BCUT2D eigenvalue weighted by atomic mass is 9.99. The molecule has 3 nitrogen and oxygen atoms in total. The van der Waals surface area contributed by atoms with E-state index in [9.17, 15) is 4.39 Å². The van der Waals surface area contributed by atoms with Crippen molar-refractivity contribution >= 4 is 0 Å². The van der Waals surface area contributed by atoms with Crippen LogP contribution in [0.4, 0.5) is 4.39 Å². The minimum atomic E-state index is -0.432. The highest BCUT2D eigenvalue weighted by atomic mass is 19.1. The van der Waals surface area contributed by atoms with E-state index in [1.807, 2.05) is 6.07 Å². The summed E-state index contributed by atoms with van der Waals surface area (Å²) in [6.07, 6.45) is 0.173. The number of nitriles is 1. The number of benzene rings is 1. The molecule has 0 aliphatic heterocycles. The summed E-state index contributed by atoms with van der Waals surface area (Å²) in [6, 6.07) is 2.04. The van der Waals surface area contributed by atoms with E-state index >= 15 is 0 Å². The molecule has 86 valence electrons. The lowest BCUT2D eigenvalue weighted by Gasteiger charge is -2.16. The molecule has 0 spiro atoms. The number of rotatable bonds is 3. The van der Waals surface area contributed by atoms with Gasteiger partial charge < -0.3 is 9.47 Å². The van der Waals surface area contributed by atoms with Gasteiger partial charge in [-0.1, -0.05) is 0 Å². The molecule has 0 unspecified atom stereocenters. The summed E-state index contributed by atoms with van der Waals surface area (Å²) >= 11 is 0. The molecule has 0 aromatic heterocycles. The molecule has 0 aliphatic carbocycles. The van der Waals surface area contributed by atoms with E-state index in [4.69, 9.17) is 14.7 Å². The lowest BCUT2D eigenvalue weighted by molar-refractivity contribution is 0.368. The second-order valence-corrected chi connectivity index (χ2v) is 3.44. The van der Waals surface area contributed by atoms with Gasteiger partial charge in [-0.25, -0.2) is 4.39 Å². The molecule has 1 aromatic carbocycles. The van der Waals surface area contributed by atoms with Crippen LogP contribution in [0.25, 0.3) is 0 Å². The van der Waals surface area contributed by atoms with Crippen LogP contribution < -0.4 is 9.47 Å². The van der Waals surface area contributed by atoms with Crippen LogP contribution in [0.3, 0.4) is 0 Å². The van der Waals surface area contributed by atoms with Crippen LogP contribution in [-0.2, 0) is 6.42 Å². The van der Waals surface area contributed by atoms with Gasteiger partial charge >= 0.3 is 0 Å². The molecular weight excluding hydrogens is 209 g/mol. The van der Waals surface area contributed by atoms with Crippen LogP contribution >= 0.6 is 0 Å². The van der Waals surface area contributed by atoms with Crippen molar-refractivity contribution in [3.8, 4) is 17.6 Å². The van der Waals surface area contributed by atoms with Crippen LogP contribution in [0.2, 0.25) is 0 Å². The van der Waals surface area contributed by atoms with E-state index in [1.165, 1.54) is 14.2 Å². The van der Waals surface area contributed by atoms with Gasteiger partial charge in [-0.05, 0) is 13.8 Å². The van der Waals surface area contributed by atoms with Crippen molar-refractivity contribution in [3.05, 3.63) is 22.5 Å². The summed E-state index contributed by atoms with van der Waals surface area (Å²) in [6.45, 7) is 3.33. The van der Waals surface area contributed by atoms with Gasteiger partial charge in [0.25, 0.3) is 0 Å². The Bertz CT molecular complexity index is 450. The third kappa shape index (κ3) is 1.81. The Kier molecular flexibility index (Phi) is 3.73. The Morgan fingerprint density at radius 2 is 1.69 bits per heavy atom. The first-order chi connectivity index (χ1) is 7.58. The number of halogens is 1. The normalized spacial score (nSPS) is 9.75. The van der Waals surface area contributed by atoms with Crippen molar-refractivity contribution in [1.29, 1.82) is 5.26 Å². The van der Waals surface area contributed by atoms with E-state index in [-0.39, 0.29) is 12.2 Å². The fourth-order valence-electron chi connectivity index (χ4n) is 1.78. The van der Waals surface area contributed by atoms with E-state index in [1.54, 1.807) is 13.8 Å². The number of methoxy groups -OCH3 is 2. The smallest absolute Gasteiger partial charge is 0.171 e. The van der Waals surface area contributed by atoms with Crippen LogP contribution in [0, 0.1) is 31.0 Å². The van der Waals surface area contributed by atoms with Gasteiger partial charge in [-0.2, -0.15) is 5.26 Å². The minimum absolute atomic E-state index is 0.173. The van der Waals surface area contributed by atoms with Gasteiger partial charge in [0, 0.05) is 16.7 Å². The Morgan fingerprint density at radius 1 is 1.12 bits per heavy atom. The summed E-state index contributed by atoms with van der Waals surface area (Å²) in [5, 5.41) is 8.75. The van der Waals surface area contributed by atoms with Crippen molar-refractivity contribution < 1.29 is 13.9 Å². The Labute approximate surface area is 94.4 Å². The first-order valence-corrected chi connectivity index (χ1v) is 4.84. The summed E-state index contributed by atoms with van der Waals surface area (Å²) in [5.74, 6) is 0.180. The zero-order chi connectivity index (χ0) is 12.3. The average Bonchev–Trinajstić information content (AvgIpc) is 2.27. The zero-order valence-electron chi connectivity index (χ0n) is 9.85. The van der Waals surface area contributed by atoms with Gasteiger partial charge in [0.2, 0.25) is 0 Å². The van der Waals surface area contributed by atoms with Crippen molar-refractivity contribution in [2.75, 3.05) is 14.2 Å². The molecule has 0 radical (unpaired) electrons. The third-order valence-corrected chi connectivity index (χ3v) is 2.60. The Morgan fingerprint density at radius 3 is 2.12 bits per heavy atom. The molecule has 0 bridgehead atoms. The Hall–Kier alpha value is -1.76. The van der Waals surface area contributed by atoms with E-state index < -0.39 is 5.82 Å². The number of nitrogens with zero attached hydrogens (tertiary/aromatic N) is 1. The first kappa shape index (κ1) is 12.3. The predicted octanol–water partition coefficient (Wildman–Crippen LogP) is 2.53. The van der Waals surface area contributed by atoms with E-state index in [0.29, 0.717) is 22.4 Å². The molecule has 0 fully saturated rings. The molecule has 1 rings (SSSR count). The second-order valence-electron chi connectivity index (χ2n) is 3.44. The monoisotopic (exact) mass is 223 g/mol. The minimum Gasteiger partial charge on any atom is -0.496 e. The second kappa shape index (κ2) is 4.84. The SMILES string of the molecule is COc1c(C)c(CC#N)c(OC)c(C)c1F. The maximum absolute atomic E-state index is 13.8. The van der Waals surface area contributed by atoms with Gasteiger partial charge in [0.05, 0.1) is 26.7 Å². The molecule has 1 aromatic rings. The summed E-state index contributed by atoms with van der Waals surface area (Å²) in [5.41, 5.74) is 1.67. The molecule has 0 heterocycles. The van der Waals surface area contributed by atoms with Crippen molar-refractivity contribution in [3.63, 3.8) is 0 Å². The fraction of sp³-hybridized carbons (Fsp3) is 0.417. The molecule has 4 heteroatoms. The summed E-state index contributed by atoms with van der Waals surface area (Å²) in [7, 11) is 2.88. The van der Waals surface area contributed by atoms with Gasteiger partial charge in [0.1, 0.15) is 5.75 Å². The summed E-state index contributed by atoms with van der Waals surface area (Å²) < 4.78 is 24.0. The third-order valence-electron chi connectivity index (χ3n) is 2.60. The van der Waals surface area contributed by atoms with E-state index in [0.717, 1.165) is 0 Å².